The van der Waals surface area contributed by atoms with Gasteiger partial charge in [-0.25, -0.2) is 4.79 Å². The van der Waals surface area contributed by atoms with Crippen LogP contribution in [0.1, 0.15) is 6.92 Å². The van der Waals surface area contributed by atoms with Crippen LogP contribution < -0.4 is 5.32 Å². The van der Waals surface area contributed by atoms with Gasteiger partial charge in [0.05, 0.1) is 30.9 Å². The van der Waals surface area contributed by atoms with Crippen LogP contribution in [-0.4, -0.2) is 59.3 Å². The molecule has 9 heteroatoms. The first-order valence-electron chi connectivity index (χ1n) is 8.01. The standard InChI is InChI=1S/C16H19ClN4O3S/c1-2-23-10-11-9-21(7-8-24-11)16(22)19-15-18-14(20-25-15)12-5-3-4-6-13(12)17/h3-6,11H,2,7-10H2,1H3,(H,18,19,20,22). The molecule has 3 rings (SSSR count). The van der Waals surface area contributed by atoms with E-state index in [2.05, 4.69) is 14.7 Å². The van der Waals surface area contributed by atoms with Crippen molar-refractivity contribution >= 4 is 34.3 Å². The number of morpholine rings is 1. The summed E-state index contributed by atoms with van der Waals surface area (Å²) in [6.07, 6.45) is -0.104. The van der Waals surface area contributed by atoms with Crippen LogP contribution in [0.5, 0.6) is 0 Å². The fourth-order valence-corrected chi connectivity index (χ4v) is 3.24. The number of hydrogen-bond donors (Lipinski definition) is 1. The van der Waals surface area contributed by atoms with Gasteiger partial charge in [0, 0.05) is 30.2 Å². The first-order valence-corrected chi connectivity index (χ1v) is 9.16. The van der Waals surface area contributed by atoms with Crippen molar-refractivity contribution in [2.24, 2.45) is 0 Å². The van der Waals surface area contributed by atoms with E-state index >= 15 is 0 Å². The highest BCUT2D eigenvalue weighted by Crippen LogP contribution is 2.27. The van der Waals surface area contributed by atoms with Gasteiger partial charge in [0.25, 0.3) is 0 Å². The number of benzene rings is 1. The average Bonchev–Trinajstić information content (AvgIpc) is 3.09. The van der Waals surface area contributed by atoms with Gasteiger partial charge in [-0.15, -0.1) is 0 Å². The van der Waals surface area contributed by atoms with Crippen molar-refractivity contribution in [3.63, 3.8) is 0 Å². The van der Waals surface area contributed by atoms with Gasteiger partial charge < -0.3 is 14.4 Å². The zero-order valence-corrected chi connectivity index (χ0v) is 15.3. The topological polar surface area (TPSA) is 76.6 Å². The van der Waals surface area contributed by atoms with E-state index < -0.39 is 0 Å². The molecule has 2 aromatic rings. The molecule has 0 aliphatic carbocycles. The summed E-state index contributed by atoms with van der Waals surface area (Å²) in [7, 11) is 0. The Morgan fingerprint density at radius 2 is 2.36 bits per heavy atom. The third-order valence-corrected chi connectivity index (χ3v) is 4.65. The quantitative estimate of drug-likeness (QED) is 0.859. The Balaban J connectivity index is 1.61. The number of nitrogens with zero attached hydrogens (tertiary/aromatic N) is 3. The van der Waals surface area contributed by atoms with Gasteiger partial charge >= 0.3 is 6.03 Å². The van der Waals surface area contributed by atoms with E-state index in [0.717, 1.165) is 17.1 Å². The highest BCUT2D eigenvalue weighted by Gasteiger charge is 2.25. The molecule has 2 heterocycles. The number of nitrogens with one attached hydrogen (secondary N) is 1. The SMILES string of the molecule is CCOCC1CN(C(=O)Nc2nc(-c3ccccc3Cl)ns2)CCO1. The Morgan fingerprint density at radius 1 is 1.52 bits per heavy atom. The van der Waals surface area contributed by atoms with Crippen LogP contribution in [0, 0.1) is 0 Å². The van der Waals surface area contributed by atoms with E-state index in [1.807, 2.05) is 25.1 Å². The molecule has 0 bridgehead atoms. The average molecular weight is 383 g/mol. The van der Waals surface area contributed by atoms with Crippen LogP contribution in [-0.2, 0) is 9.47 Å². The molecule has 1 N–H and O–H groups in total. The summed E-state index contributed by atoms with van der Waals surface area (Å²) in [4.78, 5) is 18.5. The Bertz CT molecular complexity index is 727. The summed E-state index contributed by atoms with van der Waals surface area (Å²) in [5.74, 6) is 0.502. The predicted octanol–water partition coefficient (Wildman–Crippen LogP) is 3.13. The third kappa shape index (κ3) is 4.66. The number of halogens is 1. The zero-order chi connectivity index (χ0) is 17.6. The van der Waals surface area contributed by atoms with Crippen molar-refractivity contribution in [2.45, 2.75) is 13.0 Å². The molecule has 1 aromatic heterocycles. The number of anilines is 1. The third-order valence-electron chi connectivity index (χ3n) is 3.69. The van der Waals surface area contributed by atoms with E-state index in [-0.39, 0.29) is 12.1 Å². The second kappa shape index (κ2) is 8.57. The molecule has 1 aromatic carbocycles. The van der Waals surface area contributed by atoms with Gasteiger partial charge in [-0.2, -0.15) is 9.36 Å². The van der Waals surface area contributed by atoms with Crippen LogP contribution >= 0.6 is 23.1 Å². The molecule has 0 spiro atoms. The molecule has 0 radical (unpaired) electrons. The largest absolute Gasteiger partial charge is 0.379 e. The van der Waals surface area contributed by atoms with E-state index in [1.165, 1.54) is 0 Å². The number of rotatable bonds is 5. The number of hydrogen-bond acceptors (Lipinski definition) is 6. The molecule has 1 unspecified atom stereocenters. The van der Waals surface area contributed by atoms with Crippen LogP contribution in [0.2, 0.25) is 5.02 Å². The van der Waals surface area contributed by atoms with Gasteiger partial charge in [-0.1, -0.05) is 23.7 Å². The first-order chi connectivity index (χ1) is 12.2. The van der Waals surface area contributed by atoms with Crippen LogP contribution in [0.4, 0.5) is 9.93 Å². The monoisotopic (exact) mass is 382 g/mol. The lowest BCUT2D eigenvalue weighted by molar-refractivity contribution is -0.0555. The minimum Gasteiger partial charge on any atom is -0.379 e. The molecule has 1 saturated heterocycles. The minimum atomic E-state index is -0.216. The molecular weight excluding hydrogens is 364 g/mol. The molecule has 2 amide bonds. The smallest absolute Gasteiger partial charge is 0.323 e. The Morgan fingerprint density at radius 3 is 3.16 bits per heavy atom. The van der Waals surface area contributed by atoms with Crippen molar-refractivity contribution in [2.75, 3.05) is 38.2 Å². The van der Waals surface area contributed by atoms with E-state index in [0.29, 0.717) is 48.9 Å². The van der Waals surface area contributed by atoms with E-state index in [4.69, 9.17) is 21.1 Å². The number of carbonyl (C=O) groups excluding carboxylic acids is 1. The van der Waals surface area contributed by atoms with Crippen LogP contribution in [0.3, 0.4) is 0 Å². The summed E-state index contributed by atoms with van der Waals surface area (Å²) in [6, 6.07) is 7.12. The summed E-state index contributed by atoms with van der Waals surface area (Å²) in [5, 5.41) is 3.80. The second-order valence-electron chi connectivity index (χ2n) is 5.43. The zero-order valence-electron chi connectivity index (χ0n) is 13.8. The molecule has 1 fully saturated rings. The fraction of sp³-hybridized carbons (Fsp3) is 0.438. The molecule has 134 valence electrons. The van der Waals surface area contributed by atoms with Crippen molar-refractivity contribution in [1.29, 1.82) is 0 Å². The predicted molar refractivity (Wildman–Crippen MR) is 97.2 cm³/mol. The van der Waals surface area contributed by atoms with Gasteiger partial charge in [0.15, 0.2) is 5.82 Å². The molecular formula is C16H19ClN4O3S. The highest BCUT2D eigenvalue weighted by molar-refractivity contribution is 7.10. The number of aromatic nitrogens is 2. The number of urea groups is 1. The normalized spacial score (nSPS) is 17.5. The molecule has 1 atom stereocenters. The molecule has 1 aliphatic rings. The van der Waals surface area contributed by atoms with Crippen LogP contribution in [0.15, 0.2) is 24.3 Å². The van der Waals surface area contributed by atoms with Crippen LogP contribution in [0.25, 0.3) is 11.4 Å². The maximum absolute atomic E-state index is 12.4. The molecule has 1 aliphatic heterocycles. The first kappa shape index (κ1) is 18.1. The van der Waals surface area contributed by atoms with Crippen molar-refractivity contribution in [1.82, 2.24) is 14.3 Å². The van der Waals surface area contributed by atoms with E-state index in [1.54, 1.807) is 11.0 Å². The highest BCUT2D eigenvalue weighted by atomic mass is 35.5. The molecule has 7 nitrogen and oxygen atoms in total. The lowest BCUT2D eigenvalue weighted by Crippen LogP contribution is -2.48. The summed E-state index contributed by atoms with van der Waals surface area (Å²) in [6.45, 7) is 4.55. The maximum atomic E-state index is 12.4. The maximum Gasteiger partial charge on any atom is 0.323 e. The van der Waals surface area contributed by atoms with Gasteiger partial charge in [0.2, 0.25) is 5.13 Å². The van der Waals surface area contributed by atoms with Gasteiger partial charge in [0.1, 0.15) is 0 Å². The van der Waals surface area contributed by atoms with Gasteiger partial charge in [-0.3, -0.25) is 5.32 Å². The Kier molecular flexibility index (Phi) is 6.19. The van der Waals surface area contributed by atoms with Crippen molar-refractivity contribution < 1.29 is 14.3 Å². The van der Waals surface area contributed by atoms with Crippen molar-refractivity contribution in [3.05, 3.63) is 29.3 Å². The van der Waals surface area contributed by atoms with Crippen molar-refractivity contribution in [3.8, 4) is 11.4 Å². The summed E-state index contributed by atoms with van der Waals surface area (Å²) >= 11 is 7.28. The lowest BCUT2D eigenvalue weighted by Gasteiger charge is -2.32. The summed E-state index contributed by atoms with van der Waals surface area (Å²) in [5.41, 5.74) is 0.740. The van der Waals surface area contributed by atoms with Gasteiger partial charge in [-0.05, 0) is 19.1 Å². The fourth-order valence-electron chi connectivity index (χ4n) is 2.45. The Hall–Kier alpha value is -1.74. The van der Waals surface area contributed by atoms with E-state index in [9.17, 15) is 4.79 Å². The number of ether oxygens (including phenoxy) is 2. The number of carbonyl (C=O) groups is 1. The minimum absolute atomic E-state index is 0.104. The summed E-state index contributed by atoms with van der Waals surface area (Å²) < 4.78 is 15.2. The number of amides is 2. The molecule has 0 saturated carbocycles. The molecule has 25 heavy (non-hydrogen) atoms. The second-order valence-corrected chi connectivity index (χ2v) is 6.59. The lowest BCUT2D eigenvalue weighted by atomic mass is 10.2. The Labute approximate surface area is 155 Å².